The largest absolute Gasteiger partial charge is 0.453 e. The highest BCUT2D eigenvalue weighted by molar-refractivity contribution is 7.82. The number of rotatable bonds is 1. The molecule has 1 aromatic heterocycles. The van der Waals surface area contributed by atoms with Gasteiger partial charge in [-0.3, -0.25) is 5.32 Å². The SMILES string of the molecule is COC(=O)Nc1nnc(S)s1. The van der Waals surface area contributed by atoms with E-state index in [1.807, 2.05) is 0 Å². The molecular formula is C4H5N3O2S2. The van der Waals surface area contributed by atoms with E-state index < -0.39 is 6.09 Å². The first-order chi connectivity index (χ1) is 5.22. The number of hydrogen-bond acceptors (Lipinski definition) is 6. The topological polar surface area (TPSA) is 64.1 Å². The van der Waals surface area contributed by atoms with Crippen molar-refractivity contribution < 1.29 is 9.53 Å². The smallest absolute Gasteiger partial charge is 0.413 e. The van der Waals surface area contributed by atoms with E-state index in [0.717, 1.165) is 11.3 Å². The molecule has 0 fully saturated rings. The predicted molar refractivity (Wildman–Crippen MR) is 43.2 cm³/mol. The molecule has 0 bridgehead atoms. The Morgan fingerprint density at radius 1 is 1.73 bits per heavy atom. The number of nitrogens with one attached hydrogen (secondary N) is 1. The summed E-state index contributed by atoms with van der Waals surface area (Å²) in [6, 6.07) is 0. The third-order valence-electron chi connectivity index (χ3n) is 0.809. The van der Waals surface area contributed by atoms with Crippen molar-refractivity contribution in [1.82, 2.24) is 10.2 Å². The van der Waals surface area contributed by atoms with Crippen molar-refractivity contribution in [2.24, 2.45) is 0 Å². The lowest BCUT2D eigenvalue weighted by atomic mass is 11.0. The quantitative estimate of drug-likeness (QED) is 0.513. The third-order valence-corrected chi connectivity index (χ3v) is 1.81. The first kappa shape index (κ1) is 8.28. The molecule has 0 aliphatic carbocycles. The Balaban J connectivity index is 2.57. The Hall–Kier alpha value is -0.820. The van der Waals surface area contributed by atoms with Gasteiger partial charge in [-0.1, -0.05) is 11.3 Å². The van der Waals surface area contributed by atoms with Crippen LogP contribution in [0.2, 0.25) is 0 Å². The van der Waals surface area contributed by atoms with Crippen molar-refractivity contribution in [1.29, 1.82) is 0 Å². The highest BCUT2D eigenvalue weighted by atomic mass is 32.2. The van der Waals surface area contributed by atoms with Gasteiger partial charge in [-0.2, -0.15) is 0 Å². The van der Waals surface area contributed by atoms with Crippen LogP contribution >= 0.6 is 24.0 Å². The summed E-state index contributed by atoms with van der Waals surface area (Å²) >= 11 is 5.07. The van der Waals surface area contributed by atoms with Crippen molar-refractivity contribution in [3.05, 3.63) is 0 Å². The second-order valence-electron chi connectivity index (χ2n) is 1.51. The van der Waals surface area contributed by atoms with Crippen LogP contribution in [-0.4, -0.2) is 23.4 Å². The van der Waals surface area contributed by atoms with Gasteiger partial charge in [-0.05, 0) is 0 Å². The Morgan fingerprint density at radius 3 is 2.91 bits per heavy atom. The molecule has 1 aromatic rings. The van der Waals surface area contributed by atoms with Gasteiger partial charge in [0.05, 0.1) is 7.11 Å². The van der Waals surface area contributed by atoms with Crippen LogP contribution in [0.1, 0.15) is 0 Å². The Bertz CT molecular complexity index is 262. The highest BCUT2D eigenvalue weighted by Crippen LogP contribution is 2.17. The second-order valence-corrected chi connectivity index (χ2v) is 3.21. The molecule has 60 valence electrons. The third kappa shape index (κ3) is 2.35. The summed E-state index contributed by atoms with van der Waals surface area (Å²) < 4.78 is 4.82. The number of ether oxygens (including phenoxy) is 1. The maximum Gasteiger partial charge on any atom is 0.413 e. The van der Waals surface area contributed by atoms with Gasteiger partial charge in [-0.15, -0.1) is 22.8 Å². The number of anilines is 1. The van der Waals surface area contributed by atoms with E-state index in [0.29, 0.717) is 9.47 Å². The number of aromatic nitrogens is 2. The summed E-state index contributed by atoms with van der Waals surface area (Å²) in [5.74, 6) is 0. The summed E-state index contributed by atoms with van der Waals surface area (Å²) in [7, 11) is 1.28. The zero-order valence-electron chi connectivity index (χ0n) is 5.57. The Morgan fingerprint density at radius 2 is 2.45 bits per heavy atom. The average Bonchev–Trinajstić information content (AvgIpc) is 2.35. The maximum absolute atomic E-state index is 10.6. The lowest BCUT2D eigenvalue weighted by Crippen LogP contribution is -2.10. The molecule has 0 saturated heterocycles. The molecule has 0 atom stereocenters. The summed E-state index contributed by atoms with van der Waals surface area (Å²) in [6.45, 7) is 0. The number of carbonyl (C=O) groups is 1. The molecular weight excluding hydrogens is 186 g/mol. The molecule has 1 N–H and O–H groups in total. The summed E-state index contributed by atoms with van der Waals surface area (Å²) in [6.07, 6.45) is -0.561. The molecule has 0 aliphatic rings. The molecule has 0 radical (unpaired) electrons. The van der Waals surface area contributed by atoms with Gasteiger partial charge in [0.2, 0.25) is 5.13 Å². The molecule has 5 nitrogen and oxygen atoms in total. The fraction of sp³-hybridized carbons (Fsp3) is 0.250. The van der Waals surface area contributed by atoms with Crippen molar-refractivity contribution in [2.45, 2.75) is 4.34 Å². The Kier molecular flexibility index (Phi) is 2.66. The van der Waals surface area contributed by atoms with Crippen LogP contribution in [0.15, 0.2) is 4.34 Å². The zero-order chi connectivity index (χ0) is 8.27. The molecule has 11 heavy (non-hydrogen) atoms. The van der Waals surface area contributed by atoms with Crippen molar-refractivity contribution >= 4 is 35.2 Å². The van der Waals surface area contributed by atoms with Gasteiger partial charge >= 0.3 is 6.09 Å². The normalized spacial score (nSPS) is 9.27. The molecule has 7 heteroatoms. The number of thiol groups is 1. The molecule has 0 aliphatic heterocycles. The van der Waals surface area contributed by atoms with E-state index in [-0.39, 0.29) is 0 Å². The standard InChI is InChI=1S/C4H5N3O2S2/c1-9-3(8)5-2-6-7-4(10)11-2/h1H3,(H,7,10)(H,5,6,8). The number of carbonyl (C=O) groups excluding carboxylic acids is 1. The minimum Gasteiger partial charge on any atom is -0.453 e. The Labute approximate surface area is 72.2 Å². The fourth-order valence-corrected chi connectivity index (χ4v) is 1.18. The molecule has 1 rings (SSSR count). The van der Waals surface area contributed by atoms with Crippen molar-refractivity contribution in [3.63, 3.8) is 0 Å². The van der Waals surface area contributed by atoms with E-state index in [2.05, 4.69) is 32.9 Å². The molecule has 0 aromatic carbocycles. The highest BCUT2D eigenvalue weighted by Gasteiger charge is 2.04. The lowest BCUT2D eigenvalue weighted by Gasteiger charge is -1.95. The molecule has 1 amide bonds. The molecule has 0 unspecified atom stereocenters. The van der Waals surface area contributed by atoms with Gasteiger partial charge < -0.3 is 4.74 Å². The zero-order valence-corrected chi connectivity index (χ0v) is 7.28. The molecule has 0 spiro atoms. The predicted octanol–water partition coefficient (Wildman–Crippen LogP) is 1.01. The first-order valence-electron chi connectivity index (χ1n) is 2.60. The van der Waals surface area contributed by atoms with Crippen LogP contribution < -0.4 is 5.32 Å². The van der Waals surface area contributed by atoms with Crippen LogP contribution in [0.25, 0.3) is 0 Å². The van der Waals surface area contributed by atoms with Gasteiger partial charge in [0.15, 0.2) is 4.34 Å². The number of nitrogens with zero attached hydrogens (tertiary/aromatic N) is 2. The first-order valence-corrected chi connectivity index (χ1v) is 3.86. The number of hydrogen-bond donors (Lipinski definition) is 2. The fourth-order valence-electron chi connectivity index (χ4n) is 0.404. The van der Waals surface area contributed by atoms with Gasteiger partial charge in [0, 0.05) is 0 Å². The van der Waals surface area contributed by atoms with Crippen molar-refractivity contribution in [3.8, 4) is 0 Å². The lowest BCUT2D eigenvalue weighted by molar-refractivity contribution is 0.187. The van der Waals surface area contributed by atoms with Gasteiger partial charge in [-0.25, -0.2) is 4.79 Å². The van der Waals surface area contributed by atoms with Crippen LogP contribution in [0.4, 0.5) is 9.93 Å². The van der Waals surface area contributed by atoms with E-state index in [4.69, 9.17) is 0 Å². The summed E-state index contributed by atoms with van der Waals surface area (Å²) in [5, 5.41) is 9.87. The minimum atomic E-state index is -0.561. The minimum absolute atomic E-state index is 0.377. The number of methoxy groups -OCH3 is 1. The molecule has 0 saturated carbocycles. The second kappa shape index (κ2) is 3.54. The van der Waals surface area contributed by atoms with E-state index in [9.17, 15) is 4.79 Å². The van der Waals surface area contributed by atoms with Crippen LogP contribution in [0.3, 0.4) is 0 Å². The average molecular weight is 191 g/mol. The van der Waals surface area contributed by atoms with Gasteiger partial charge in [0.1, 0.15) is 0 Å². The van der Waals surface area contributed by atoms with Crippen LogP contribution in [0, 0.1) is 0 Å². The monoisotopic (exact) mass is 191 g/mol. The van der Waals surface area contributed by atoms with E-state index in [1.54, 1.807) is 0 Å². The van der Waals surface area contributed by atoms with E-state index in [1.165, 1.54) is 7.11 Å². The summed E-state index contributed by atoms with van der Waals surface area (Å²) in [5.41, 5.74) is 0. The van der Waals surface area contributed by atoms with Crippen molar-refractivity contribution in [2.75, 3.05) is 12.4 Å². The van der Waals surface area contributed by atoms with Crippen LogP contribution in [-0.2, 0) is 4.74 Å². The van der Waals surface area contributed by atoms with Gasteiger partial charge in [0.25, 0.3) is 0 Å². The van der Waals surface area contributed by atoms with E-state index >= 15 is 0 Å². The maximum atomic E-state index is 10.6. The van der Waals surface area contributed by atoms with Crippen LogP contribution in [0.5, 0.6) is 0 Å². The molecule has 1 heterocycles. The summed E-state index contributed by atoms with van der Waals surface area (Å²) in [4.78, 5) is 10.6. The number of amides is 1.